The van der Waals surface area contributed by atoms with Crippen LogP contribution in [-0.2, 0) is 4.79 Å². The minimum Gasteiger partial charge on any atom is -0.480 e. The molecule has 0 unspecified atom stereocenters. The van der Waals surface area contributed by atoms with Crippen LogP contribution in [0, 0.1) is 0 Å². The fourth-order valence-corrected chi connectivity index (χ4v) is 1.49. The predicted octanol–water partition coefficient (Wildman–Crippen LogP) is 2.81. The lowest BCUT2D eigenvalue weighted by Gasteiger charge is -2.12. The summed E-state index contributed by atoms with van der Waals surface area (Å²) in [6.07, 6.45) is 0. The summed E-state index contributed by atoms with van der Waals surface area (Å²) in [5.41, 5.74) is 0.799. The van der Waals surface area contributed by atoms with E-state index in [1.54, 1.807) is 12.1 Å². The average Bonchev–Trinajstić information content (AvgIpc) is 2.17. The fraction of sp³-hybridized carbons (Fsp3) is 0.222. The van der Waals surface area contributed by atoms with Crippen molar-refractivity contribution in [1.82, 2.24) is 0 Å². The lowest BCUT2D eigenvalue weighted by molar-refractivity contribution is -0.136. The molecule has 0 saturated carbocycles. The van der Waals surface area contributed by atoms with Gasteiger partial charge in [0.15, 0.2) is 0 Å². The van der Waals surface area contributed by atoms with Crippen molar-refractivity contribution in [3.8, 4) is 0 Å². The monoisotopic (exact) mass is 262 g/mol. The average molecular weight is 264 g/mol. The van der Waals surface area contributed by atoms with Crippen molar-refractivity contribution in [2.45, 2.75) is 10.2 Å². The summed E-state index contributed by atoms with van der Waals surface area (Å²) < 4.78 is 0. The summed E-state index contributed by atoms with van der Waals surface area (Å²) in [6.45, 7) is 0. The maximum Gasteiger partial charge on any atom is 0.319 e. The molecule has 0 aliphatic carbocycles. The van der Waals surface area contributed by atoms with Gasteiger partial charge in [-0.25, -0.2) is 0 Å². The van der Waals surface area contributed by atoms with Gasteiger partial charge in [0, 0.05) is 0 Å². The Morgan fingerprint density at radius 1 is 1.38 bits per heavy atom. The van der Waals surface area contributed by atoms with Crippen molar-refractivity contribution in [3.63, 3.8) is 0 Å². The molecule has 1 N–H and O–H groups in total. The molecule has 0 bridgehead atoms. The zero-order valence-electron chi connectivity index (χ0n) is 6.65. The van der Waals surface area contributed by atoms with Gasteiger partial charge in [-0.2, -0.15) is 0 Å². The number of halogens is 2. The van der Waals surface area contributed by atoms with Crippen molar-refractivity contribution in [2.24, 2.45) is 0 Å². The number of aliphatic carboxylic acids is 1. The van der Waals surface area contributed by atoms with Crippen molar-refractivity contribution in [2.75, 3.05) is 0 Å². The Morgan fingerprint density at radius 2 is 1.92 bits per heavy atom. The quantitative estimate of drug-likeness (QED) is 0.852. The van der Waals surface area contributed by atoms with E-state index < -0.39 is 16.2 Å². The predicted molar refractivity (Wildman–Crippen MR) is 55.4 cm³/mol. The van der Waals surface area contributed by atoms with Gasteiger partial charge in [-0.1, -0.05) is 46.3 Å². The van der Waals surface area contributed by atoms with Crippen LogP contribution in [-0.4, -0.2) is 15.9 Å². The van der Waals surface area contributed by atoms with E-state index in [-0.39, 0.29) is 0 Å². The number of carboxylic acids is 1. The Hall–Kier alpha value is -0.540. The number of carboxylic acid groups (broad SMARTS) is 1. The van der Waals surface area contributed by atoms with Crippen LogP contribution >= 0.6 is 27.5 Å². The van der Waals surface area contributed by atoms with Crippen molar-refractivity contribution < 1.29 is 9.90 Å². The van der Waals surface area contributed by atoms with Gasteiger partial charge in [0.2, 0.25) is 0 Å². The first kappa shape index (κ1) is 10.5. The molecule has 2 nitrogen and oxygen atoms in total. The van der Waals surface area contributed by atoms with Gasteiger partial charge in [-0.05, 0) is 5.56 Å². The summed E-state index contributed by atoms with van der Waals surface area (Å²) in [5, 5.41) is 8.14. The van der Waals surface area contributed by atoms with E-state index in [4.69, 9.17) is 16.7 Å². The second kappa shape index (κ2) is 4.63. The van der Waals surface area contributed by atoms with Crippen LogP contribution < -0.4 is 0 Å². The van der Waals surface area contributed by atoms with Crippen LogP contribution in [0.1, 0.15) is 10.9 Å². The number of benzene rings is 1. The van der Waals surface area contributed by atoms with E-state index in [0.29, 0.717) is 0 Å². The molecular weight excluding hydrogens is 255 g/mol. The minimum absolute atomic E-state index is 0.543. The maximum atomic E-state index is 10.6. The molecule has 0 spiro atoms. The van der Waals surface area contributed by atoms with Gasteiger partial charge in [-0.15, -0.1) is 11.6 Å². The molecule has 70 valence electrons. The van der Waals surface area contributed by atoms with Crippen LogP contribution in [0.15, 0.2) is 30.3 Å². The Morgan fingerprint density at radius 3 is 2.38 bits per heavy atom. The van der Waals surface area contributed by atoms with Gasteiger partial charge in [0.25, 0.3) is 0 Å². The van der Waals surface area contributed by atoms with Crippen LogP contribution in [0.2, 0.25) is 0 Å². The van der Waals surface area contributed by atoms with Crippen LogP contribution in [0.4, 0.5) is 0 Å². The first-order valence-corrected chi connectivity index (χ1v) is 5.04. The number of alkyl halides is 2. The Kier molecular flexibility index (Phi) is 3.75. The highest BCUT2D eigenvalue weighted by Crippen LogP contribution is 2.28. The topological polar surface area (TPSA) is 37.3 Å². The molecule has 1 aromatic carbocycles. The molecule has 1 aromatic rings. The highest BCUT2D eigenvalue weighted by Gasteiger charge is 2.24. The summed E-state index contributed by atoms with van der Waals surface area (Å²) in [4.78, 5) is 9.83. The maximum absolute atomic E-state index is 10.6. The molecule has 0 heterocycles. The molecule has 1 rings (SSSR count). The molecule has 0 fully saturated rings. The van der Waals surface area contributed by atoms with Gasteiger partial charge >= 0.3 is 5.97 Å². The van der Waals surface area contributed by atoms with Gasteiger partial charge in [-0.3, -0.25) is 4.79 Å². The highest BCUT2D eigenvalue weighted by atomic mass is 79.9. The van der Waals surface area contributed by atoms with Gasteiger partial charge < -0.3 is 5.11 Å². The third kappa shape index (κ3) is 2.71. The Bertz CT molecular complexity index is 289. The van der Waals surface area contributed by atoms with E-state index in [1.165, 1.54) is 0 Å². The third-order valence-electron chi connectivity index (χ3n) is 1.61. The lowest BCUT2D eigenvalue weighted by atomic mass is 10.1. The molecule has 0 aliphatic heterocycles. The Balaban J connectivity index is 2.79. The molecule has 13 heavy (non-hydrogen) atoms. The van der Waals surface area contributed by atoms with Crippen molar-refractivity contribution in [3.05, 3.63) is 35.9 Å². The van der Waals surface area contributed by atoms with Crippen molar-refractivity contribution in [1.29, 1.82) is 0 Å². The van der Waals surface area contributed by atoms with Crippen LogP contribution in [0.5, 0.6) is 0 Å². The van der Waals surface area contributed by atoms with Gasteiger partial charge in [0.1, 0.15) is 4.83 Å². The van der Waals surface area contributed by atoms with Crippen LogP contribution in [0.3, 0.4) is 0 Å². The summed E-state index contributed by atoms with van der Waals surface area (Å²) in [6, 6.07) is 9.11. The molecule has 0 aliphatic rings. The third-order valence-corrected chi connectivity index (χ3v) is 3.34. The zero-order chi connectivity index (χ0) is 9.84. The number of carbonyl (C=O) groups is 1. The summed E-state index contributed by atoms with van der Waals surface area (Å²) in [5.74, 6) is -0.955. The number of rotatable bonds is 3. The second-order valence-corrected chi connectivity index (χ2v) is 4.01. The molecular formula is C9H8BrClO2. The summed E-state index contributed by atoms with van der Waals surface area (Å²) in [7, 11) is 0. The van der Waals surface area contributed by atoms with E-state index >= 15 is 0 Å². The van der Waals surface area contributed by atoms with E-state index in [1.807, 2.05) is 18.2 Å². The molecule has 0 saturated heterocycles. The van der Waals surface area contributed by atoms with Crippen LogP contribution in [0.25, 0.3) is 0 Å². The van der Waals surface area contributed by atoms with Gasteiger partial charge in [0.05, 0.1) is 5.38 Å². The zero-order valence-corrected chi connectivity index (χ0v) is 8.99. The molecule has 0 aromatic heterocycles. The van der Waals surface area contributed by atoms with Crippen molar-refractivity contribution >= 4 is 33.5 Å². The van der Waals surface area contributed by atoms with E-state index in [0.717, 1.165) is 5.56 Å². The highest BCUT2D eigenvalue weighted by molar-refractivity contribution is 9.10. The molecule has 0 radical (unpaired) electrons. The van der Waals surface area contributed by atoms with E-state index in [2.05, 4.69) is 15.9 Å². The smallest absolute Gasteiger partial charge is 0.319 e. The minimum atomic E-state index is -0.955. The number of hydrogen-bond donors (Lipinski definition) is 1. The number of hydrogen-bond acceptors (Lipinski definition) is 1. The first-order valence-electron chi connectivity index (χ1n) is 3.69. The Labute approximate surface area is 89.7 Å². The van der Waals surface area contributed by atoms with E-state index in [9.17, 15) is 4.79 Å². The summed E-state index contributed by atoms with van der Waals surface area (Å²) >= 11 is 8.94. The SMILES string of the molecule is O=C(O)[C@H](Br)[C@H](Cl)c1ccccc1. The largest absolute Gasteiger partial charge is 0.480 e. The second-order valence-electron chi connectivity index (χ2n) is 2.55. The fourth-order valence-electron chi connectivity index (χ4n) is 0.931. The lowest BCUT2D eigenvalue weighted by Crippen LogP contribution is -2.18. The normalized spacial score (nSPS) is 14.9. The molecule has 4 heteroatoms. The molecule has 2 atom stereocenters. The first-order chi connectivity index (χ1) is 6.13. The molecule has 0 amide bonds. The standard InChI is InChI=1S/C9H8BrClO2/c10-7(9(12)13)8(11)6-4-2-1-3-5-6/h1-5,7-8H,(H,12,13)/t7-,8-/m1/s1.